The zero-order chi connectivity index (χ0) is 20.6. The second-order valence-electron chi connectivity index (χ2n) is 8.23. The Balaban J connectivity index is 1.66. The van der Waals surface area contributed by atoms with E-state index in [0.29, 0.717) is 42.2 Å². The highest BCUT2D eigenvalue weighted by molar-refractivity contribution is 7.14. The van der Waals surface area contributed by atoms with E-state index in [1.54, 1.807) is 28.9 Å². The molecule has 1 saturated heterocycles. The lowest BCUT2D eigenvalue weighted by molar-refractivity contribution is 0.0537. The Labute approximate surface area is 169 Å². The van der Waals surface area contributed by atoms with Gasteiger partial charge in [-0.2, -0.15) is 0 Å². The van der Waals surface area contributed by atoms with Crippen molar-refractivity contribution < 1.29 is 14.0 Å². The van der Waals surface area contributed by atoms with E-state index >= 15 is 0 Å². The Morgan fingerprint density at radius 3 is 2.11 bits per heavy atom. The number of carbonyl (C=O) groups is 2. The summed E-state index contributed by atoms with van der Waals surface area (Å²) < 4.78 is 13.8. The molecule has 2 aromatic rings. The molecule has 28 heavy (non-hydrogen) atoms. The summed E-state index contributed by atoms with van der Waals surface area (Å²) in [6, 6.07) is 4.54. The lowest BCUT2D eigenvalue weighted by Crippen LogP contribution is -2.50. The van der Waals surface area contributed by atoms with Crippen LogP contribution in [0.15, 0.2) is 18.2 Å². The van der Waals surface area contributed by atoms with Crippen LogP contribution in [-0.2, 0) is 5.41 Å². The van der Waals surface area contributed by atoms with Gasteiger partial charge in [-0.25, -0.2) is 9.37 Å². The third-order valence-corrected chi connectivity index (χ3v) is 6.48. The first-order chi connectivity index (χ1) is 13.1. The molecule has 0 bridgehead atoms. The van der Waals surface area contributed by atoms with Gasteiger partial charge in [0.1, 0.15) is 10.7 Å². The van der Waals surface area contributed by atoms with Crippen LogP contribution >= 0.6 is 11.3 Å². The van der Waals surface area contributed by atoms with Crippen molar-refractivity contribution in [1.29, 1.82) is 0 Å². The SMILES string of the molecule is Cc1ccc(C(=O)N2CCN(C(=O)c3sc(C(C)(C)C)nc3C)CC2)cc1F. The third kappa shape index (κ3) is 4.09. The van der Waals surface area contributed by atoms with Crippen LogP contribution in [0.5, 0.6) is 0 Å². The van der Waals surface area contributed by atoms with Crippen LogP contribution in [0.2, 0.25) is 0 Å². The molecule has 2 heterocycles. The Morgan fingerprint density at radius 2 is 1.61 bits per heavy atom. The topological polar surface area (TPSA) is 53.5 Å². The van der Waals surface area contributed by atoms with Crippen molar-refractivity contribution >= 4 is 23.2 Å². The summed E-state index contributed by atoms with van der Waals surface area (Å²) in [4.78, 5) is 34.2. The molecule has 0 unspecified atom stereocenters. The van der Waals surface area contributed by atoms with Crippen molar-refractivity contribution in [3.8, 4) is 0 Å². The fourth-order valence-electron chi connectivity index (χ4n) is 3.08. The van der Waals surface area contributed by atoms with Crippen LogP contribution in [0, 0.1) is 19.7 Å². The zero-order valence-electron chi connectivity index (χ0n) is 17.0. The van der Waals surface area contributed by atoms with Crippen molar-refractivity contribution in [3.63, 3.8) is 0 Å². The molecule has 1 aromatic carbocycles. The van der Waals surface area contributed by atoms with E-state index in [4.69, 9.17) is 0 Å². The number of rotatable bonds is 2. The van der Waals surface area contributed by atoms with Gasteiger partial charge in [-0.1, -0.05) is 26.8 Å². The highest BCUT2D eigenvalue weighted by Crippen LogP contribution is 2.30. The minimum atomic E-state index is -0.380. The van der Waals surface area contributed by atoms with E-state index in [1.807, 2.05) is 6.92 Å². The number of thiazole rings is 1. The van der Waals surface area contributed by atoms with E-state index < -0.39 is 0 Å². The summed E-state index contributed by atoms with van der Waals surface area (Å²) in [5.41, 5.74) is 1.52. The number of halogens is 1. The van der Waals surface area contributed by atoms with E-state index in [2.05, 4.69) is 25.8 Å². The standard InChI is InChI=1S/C21H26FN3O2S/c1-13-6-7-15(12-16(13)22)18(26)24-8-10-25(11-9-24)19(27)17-14(2)23-20(28-17)21(3,4)5/h6-7,12H,8-11H2,1-5H3. The lowest BCUT2D eigenvalue weighted by Gasteiger charge is -2.34. The fourth-order valence-corrected chi connectivity index (χ4v) is 4.17. The average molecular weight is 404 g/mol. The van der Waals surface area contributed by atoms with Crippen LogP contribution in [0.4, 0.5) is 4.39 Å². The molecular formula is C21H26FN3O2S. The fraction of sp³-hybridized carbons (Fsp3) is 0.476. The van der Waals surface area contributed by atoms with Gasteiger partial charge in [0.2, 0.25) is 0 Å². The molecule has 0 saturated carbocycles. The van der Waals surface area contributed by atoms with E-state index in [0.717, 1.165) is 10.7 Å². The molecule has 1 aliphatic heterocycles. The number of aryl methyl sites for hydroxylation is 2. The Morgan fingerprint density at radius 1 is 1.04 bits per heavy atom. The second-order valence-corrected chi connectivity index (χ2v) is 9.23. The number of amides is 2. The first kappa shape index (κ1) is 20.5. The number of piperazine rings is 1. The van der Waals surface area contributed by atoms with Gasteiger partial charge in [-0.05, 0) is 31.5 Å². The molecule has 7 heteroatoms. The molecule has 150 valence electrons. The summed E-state index contributed by atoms with van der Waals surface area (Å²) >= 11 is 1.45. The Hall–Kier alpha value is -2.28. The summed E-state index contributed by atoms with van der Waals surface area (Å²) in [5.74, 6) is -0.607. The molecule has 0 spiro atoms. The summed E-state index contributed by atoms with van der Waals surface area (Å²) in [5, 5.41) is 0.948. The predicted molar refractivity (Wildman–Crippen MR) is 108 cm³/mol. The van der Waals surface area contributed by atoms with Crippen LogP contribution in [-0.4, -0.2) is 52.8 Å². The molecule has 1 aromatic heterocycles. The van der Waals surface area contributed by atoms with Crippen molar-refractivity contribution in [3.05, 3.63) is 50.7 Å². The molecule has 3 rings (SSSR count). The number of nitrogens with zero attached hydrogens (tertiary/aromatic N) is 3. The number of carbonyl (C=O) groups excluding carboxylic acids is 2. The average Bonchev–Trinajstić information content (AvgIpc) is 3.05. The first-order valence-electron chi connectivity index (χ1n) is 9.40. The third-order valence-electron chi connectivity index (χ3n) is 4.91. The van der Waals surface area contributed by atoms with Gasteiger partial charge in [-0.15, -0.1) is 11.3 Å². The van der Waals surface area contributed by atoms with Gasteiger partial charge in [0.25, 0.3) is 11.8 Å². The maximum atomic E-state index is 13.8. The van der Waals surface area contributed by atoms with Gasteiger partial charge in [-0.3, -0.25) is 9.59 Å². The summed E-state index contributed by atoms with van der Waals surface area (Å²) in [6.07, 6.45) is 0. The molecule has 0 aliphatic carbocycles. The molecule has 1 fully saturated rings. The molecular weight excluding hydrogens is 377 g/mol. The highest BCUT2D eigenvalue weighted by Gasteiger charge is 2.29. The molecule has 2 amide bonds. The van der Waals surface area contributed by atoms with Crippen molar-refractivity contribution in [2.75, 3.05) is 26.2 Å². The van der Waals surface area contributed by atoms with Crippen LogP contribution in [0.1, 0.15) is 57.1 Å². The maximum absolute atomic E-state index is 13.8. The van der Waals surface area contributed by atoms with Gasteiger partial charge in [0, 0.05) is 37.2 Å². The maximum Gasteiger partial charge on any atom is 0.265 e. The molecule has 0 atom stereocenters. The van der Waals surface area contributed by atoms with Gasteiger partial charge in [0.05, 0.1) is 10.7 Å². The first-order valence-corrected chi connectivity index (χ1v) is 10.2. The van der Waals surface area contributed by atoms with Crippen LogP contribution in [0.25, 0.3) is 0 Å². The van der Waals surface area contributed by atoms with Crippen molar-refractivity contribution in [1.82, 2.24) is 14.8 Å². The number of benzene rings is 1. The number of aromatic nitrogens is 1. The van der Waals surface area contributed by atoms with Crippen LogP contribution < -0.4 is 0 Å². The lowest BCUT2D eigenvalue weighted by atomic mass is 9.98. The largest absolute Gasteiger partial charge is 0.335 e. The number of hydrogen-bond donors (Lipinski definition) is 0. The van der Waals surface area contributed by atoms with Gasteiger partial charge < -0.3 is 9.80 Å². The predicted octanol–water partition coefficient (Wildman–Crippen LogP) is 3.79. The monoisotopic (exact) mass is 403 g/mol. The summed E-state index contributed by atoms with van der Waals surface area (Å²) in [7, 11) is 0. The smallest absolute Gasteiger partial charge is 0.265 e. The van der Waals surface area contributed by atoms with Crippen LogP contribution in [0.3, 0.4) is 0 Å². The minimum Gasteiger partial charge on any atom is -0.335 e. The van der Waals surface area contributed by atoms with Gasteiger partial charge >= 0.3 is 0 Å². The second kappa shape index (κ2) is 7.62. The molecule has 0 N–H and O–H groups in total. The minimum absolute atomic E-state index is 0.0287. The Bertz CT molecular complexity index is 909. The van der Waals surface area contributed by atoms with Crippen molar-refractivity contribution in [2.45, 2.75) is 40.0 Å². The Kier molecular flexibility index (Phi) is 5.57. The van der Waals surface area contributed by atoms with Crippen molar-refractivity contribution in [2.24, 2.45) is 0 Å². The normalized spacial score (nSPS) is 15.1. The number of hydrogen-bond acceptors (Lipinski definition) is 4. The van der Waals surface area contributed by atoms with Gasteiger partial charge in [0.15, 0.2) is 0 Å². The quantitative estimate of drug-likeness (QED) is 0.767. The van der Waals surface area contributed by atoms with E-state index in [9.17, 15) is 14.0 Å². The van der Waals surface area contributed by atoms with E-state index in [1.165, 1.54) is 17.4 Å². The zero-order valence-corrected chi connectivity index (χ0v) is 17.8. The highest BCUT2D eigenvalue weighted by atomic mass is 32.1. The van der Waals surface area contributed by atoms with E-state index in [-0.39, 0.29) is 23.0 Å². The molecule has 1 aliphatic rings. The molecule has 0 radical (unpaired) electrons. The summed E-state index contributed by atoms with van der Waals surface area (Å²) in [6.45, 7) is 11.6. The molecule has 5 nitrogen and oxygen atoms in total.